The molecule has 1 aromatic carbocycles. The average Bonchev–Trinajstić information content (AvgIpc) is 2.03. The Morgan fingerprint density at radius 2 is 2.15 bits per heavy atom. The largest absolute Gasteiger partial charge is 0.508 e. The lowest BCUT2D eigenvalue weighted by Crippen LogP contribution is -1.75. The van der Waals surface area contributed by atoms with E-state index in [4.69, 9.17) is 11.6 Å². The highest BCUT2D eigenvalue weighted by Gasteiger charge is 1.94. The fourth-order valence-corrected chi connectivity index (χ4v) is 1.21. The van der Waals surface area contributed by atoms with Gasteiger partial charge < -0.3 is 5.11 Å². The Morgan fingerprint density at radius 3 is 2.77 bits per heavy atom. The molecule has 0 heterocycles. The molecule has 0 aromatic heterocycles. The molecule has 1 nitrogen and oxygen atoms in total. The number of hydrogen-bond donors (Lipinski definition) is 2. The first kappa shape index (κ1) is 10.3. The maximum absolute atomic E-state index is 9.18. The molecular formula is C10H9ClOS. The number of benzene rings is 1. The van der Waals surface area contributed by atoms with Crippen molar-refractivity contribution in [3.8, 4) is 17.6 Å². The molecule has 0 bridgehead atoms. The summed E-state index contributed by atoms with van der Waals surface area (Å²) in [7, 11) is 0. The van der Waals surface area contributed by atoms with Crippen LogP contribution in [0.15, 0.2) is 18.2 Å². The Hall–Kier alpha value is -0.780. The zero-order chi connectivity index (χ0) is 9.68. The summed E-state index contributed by atoms with van der Waals surface area (Å²) >= 11 is 9.75. The van der Waals surface area contributed by atoms with E-state index < -0.39 is 0 Å². The molecule has 0 radical (unpaired) electrons. The predicted octanol–water partition coefficient (Wildman–Crippen LogP) is 2.72. The minimum Gasteiger partial charge on any atom is -0.508 e. The van der Waals surface area contributed by atoms with Crippen molar-refractivity contribution in [1.82, 2.24) is 0 Å². The molecule has 0 saturated carbocycles. The second-order valence-corrected chi connectivity index (χ2v) is 3.36. The Kier molecular flexibility index (Phi) is 4.01. The summed E-state index contributed by atoms with van der Waals surface area (Å²) in [5.41, 5.74) is 0.729. The predicted molar refractivity (Wildman–Crippen MR) is 58.5 cm³/mol. The lowest BCUT2D eigenvalue weighted by Gasteiger charge is -1.94. The van der Waals surface area contributed by atoms with Gasteiger partial charge in [0.2, 0.25) is 0 Å². The van der Waals surface area contributed by atoms with Crippen LogP contribution in [0.1, 0.15) is 12.0 Å². The zero-order valence-electron chi connectivity index (χ0n) is 6.92. The molecule has 0 spiro atoms. The van der Waals surface area contributed by atoms with Gasteiger partial charge in [0.25, 0.3) is 0 Å². The van der Waals surface area contributed by atoms with Crippen molar-refractivity contribution in [2.24, 2.45) is 0 Å². The smallest absolute Gasteiger partial charge is 0.118 e. The number of phenols is 1. The summed E-state index contributed by atoms with van der Waals surface area (Å²) in [6.45, 7) is 0. The molecule has 0 aliphatic heterocycles. The fraction of sp³-hybridized carbons (Fsp3) is 0.200. The van der Waals surface area contributed by atoms with Gasteiger partial charge in [0.05, 0.1) is 0 Å². The highest BCUT2D eigenvalue weighted by Crippen LogP contribution is 2.18. The van der Waals surface area contributed by atoms with Crippen molar-refractivity contribution < 1.29 is 5.11 Å². The number of hydrogen-bond acceptors (Lipinski definition) is 2. The lowest BCUT2D eigenvalue weighted by molar-refractivity contribution is 0.475. The maximum atomic E-state index is 9.18. The van der Waals surface area contributed by atoms with Crippen molar-refractivity contribution >= 4 is 24.2 Å². The molecule has 1 N–H and O–H groups in total. The highest BCUT2D eigenvalue weighted by molar-refractivity contribution is 7.80. The molecular weight excluding hydrogens is 204 g/mol. The summed E-state index contributed by atoms with van der Waals surface area (Å²) < 4.78 is 0. The fourth-order valence-electron chi connectivity index (χ4n) is 0.867. The Morgan fingerprint density at radius 1 is 1.38 bits per heavy atom. The standard InChI is InChI=1S/C10H9ClOS/c11-9-5-8(3-1-2-4-13)6-10(12)7-9/h5-7,12-13H,2,4H2. The van der Waals surface area contributed by atoms with Gasteiger partial charge in [0.15, 0.2) is 0 Å². The van der Waals surface area contributed by atoms with Crippen LogP contribution in [0.3, 0.4) is 0 Å². The molecule has 3 heteroatoms. The second kappa shape index (κ2) is 5.06. The van der Waals surface area contributed by atoms with Crippen LogP contribution >= 0.6 is 24.2 Å². The monoisotopic (exact) mass is 212 g/mol. The van der Waals surface area contributed by atoms with Gasteiger partial charge in [-0.2, -0.15) is 12.6 Å². The molecule has 1 aromatic rings. The molecule has 0 saturated heterocycles. The normalized spacial score (nSPS) is 9.08. The van der Waals surface area contributed by atoms with E-state index in [1.165, 1.54) is 6.07 Å². The van der Waals surface area contributed by atoms with Gasteiger partial charge in [-0.25, -0.2) is 0 Å². The van der Waals surface area contributed by atoms with Crippen molar-refractivity contribution in [2.75, 3.05) is 5.75 Å². The van der Waals surface area contributed by atoms with E-state index in [1.807, 2.05) is 0 Å². The van der Waals surface area contributed by atoms with E-state index in [2.05, 4.69) is 24.5 Å². The molecule has 0 aliphatic carbocycles. The average molecular weight is 213 g/mol. The van der Waals surface area contributed by atoms with Gasteiger partial charge in [0, 0.05) is 22.8 Å². The number of halogens is 1. The van der Waals surface area contributed by atoms with Gasteiger partial charge in [-0.05, 0) is 18.2 Å². The van der Waals surface area contributed by atoms with Gasteiger partial charge in [-0.15, -0.1) is 0 Å². The summed E-state index contributed by atoms with van der Waals surface area (Å²) in [5, 5.41) is 9.68. The summed E-state index contributed by atoms with van der Waals surface area (Å²) in [6.07, 6.45) is 0.733. The molecule has 0 unspecified atom stereocenters. The summed E-state index contributed by atoms with van der Waals surface area (Å²) in [5.74, 6) is 6.67. The number of rotatable bonds is 1. The topological polar surface area (TPSA) is 20.2 Å². The van der Waals surface area contributed by atoms with Crippen molar-refractivity contribution in [1.29, 1.82) is 0 Å². The van der Waals surface area contributed by atoms with Crippen LogP contribution in [-0.4, -0.2) is 10.9 Å². The van der Waals surface area contributed by atoms with Crippen molar-refractivity contribution in [2.45, 2.75) is 6.42 Å². The van der Waals surface area contributed by atoms with E-state index in [0.717, 1.165) is 17.7 Å². The van der Waals surface area contributed by atoms with Crippen molar-refractivity contribution in [3.05, 3.63) is 28.8 Å². The van der Waals surface area contributed by atoms with Gasteiger partial charge in [-0.1, -0.05) is 23.4 Å². The molecule has 0 amide bonds. The Bertz CT molecular complexity index is 331. The third-order valence-corrected chi connectivity index (χ3v) is 1.79. The van der Waals surface area contributed by atoms with E-state index in [-0.39, 0.29) is 5.75 Å². The van der Waals surface area contributed by atoms with Crippen LogP contribution in [0.25, 0.3) is 0 Å². The zero-order valence-corrected chi connectivity index (χ0v) is 8.57. The van der Waals surface area contributed by atoms with Crippen molar-refractivity contribution in [3.63, 3.8) is 0 Å². The first-order valence-corrected chi connectivity index (χ1v) is 4.82. The molecule has 0 atom stereocenters. The van der Waals surface area contributed by atoms with Gasteiger partial charge in [0.1, 0.15) is 5.75 Å². The molecule has 0 aliphatic rings. The number of phenolic OH excluding ortho intramolecular Hbond substituents is 1. The number of thiol groups is 1. The molecule has 1 rings (SSSR count). The van der Waals surface area contributed by atoms with Crippen LogP contribution in [-0.2, 0) is 0 Å². The van der Waals surface area contributed by atoms with Gasteiger partial charge >= 0.3 is 0 Å². The molecule has 0 fully saturated rings. The molecule has 68 valence electrons. The quantitative estimate of drug-likeness (QED) is 0.542. The van der Waals surface area contributed by atoms with Crippen LogP contribution in [0.5, 0.6) is 5.75 Å². The lowest BCUT2D eigenvalue weighted by atomic mass is 10.2. The van der Waals surface area contributed by atoms with Crippen LogP contribution in [0.4, 0.5) is 0 Å². The van der Waals surface area contributed by atoms with E-state index in [0.29, 0.717) is 5.02 Å². The minimum atomic E-state index is 0.141. The van der Waals surface area contributed by atoms with E-state index in [1.54, 1.807) is 12.1 Å². The first-order valence-electron chi connectivity index (χ1n) is 3.81. The third kappa shape index (κ3) is 3.63. The second-order valence-electron chi connectivity index (χ2n) is 2.47. The summed E-state index contributed by atoms with van der Waals surface area (Å²) in [4.78, 5) is 0. The maximum Gasteiger partial charge on any atom is 0.118 e. The minimum absolute atomic E-state index is 0.141. The van der Waals surface area contributed by atoms with Gasteiger partial charge in [-0.3, -0.25) is 0 Å². The van der Waals surface area contributed by atoms with Crippen LogP contribution in [0, 0.1) is 11.8 Å². The number of aromatic hydroxyl groups is 1. The first-order chi connectivity index (χ1) is 6.22. The molecule has 13 heavy (non-hydrogen) atoms. The Balaban J connectivity index is 2.85. The van der Waals surface area contributed by atoms with E-state index in [9.17, 15) is 5.11 Å². The van der Waals surface area contributed by atoms with Crippen LogP contribution < -0.4 is 0 Å². The van der Waals surface area contributed by atoms with E-state index >= 15 is 0 Å². The Labute approximate surface area is 88.1 Å². The van der Waals surface area contributed by atoms with Crippen LogP contribution in [0.2, 0.25) is 5.02 Å². The highest BCUT2D eigenvalue weighted by atomic mass is 35.5. The summed E-state index contributed by atoms with van der Waals surface area (Å²) in [6, 6.07) is 4.77. The third-order valence-electron chi connectivity index (χ3n) is 1.35. The SMILES string of the molecule is Oc1cc(Cl)cc(C#CCCS)c1.